The van der Waals surface area contributed by atoms with Crippen LogP contribution in [0.1, 0.15) is 19.4 Å². The molecule has 0 fully saturated rings. The van der Waals surface area contributed by atoms with E-state index in [0.717, 1.165) is 12.1 Å². The van der Waals surface area contributed by atoms with Gasteiger partial charge in [0.15, 0.2) is 0 Å². The molecule has 0 aliphatic carbocycles. The number of nitrogens with one attached hydrogen (secondary N) is 1. The third-order valence-electron chi connectivity index (χ3n) is 2.82. The Bertz CT molecular complexity index is 354. The molecule has 0 saturated heterocycles. The number of rotatable bonds is 8. The van der Waals surface area contributed by atoms with Gasteiger partial charge in [0.2, 0.25) is 0 Å². The van der Waals surface area contributed by atoms with Crippen LogP contribution in [0.5, 0.6) is 0 Å². The zero-order valence-corrected chi connectivity index (χ0v) is 12.1. The second-order valence-corrected chi connectivity index (χ2v) is 5.53. The first kappa shape index (κ1) is 16.1. The minimum absolute atomic E-state index is 0.218. The minimum atomic E-state index is -0.385. The highest BCUT2D eigenvalue weighted by Gasteiger charge is 2.08. The number of benzene rings is 1. The van der Waals surface area contributed by atoms with Gasteiger partial charge in [-0.25, -0.2) is 4.39 Å². The van der Waals surface area contributed by atoms with E-state index in [1.54, 1.807) is 12.1 Å². The van der Waals surface area contributed by atoms with Crippen LogP contribution in [0.3, 0.4) is 0 Å². The van der Waals surface area contributed by atoms with Crippen LogP contribution in [0.25, 0.3) is 0 Å². The van der Waals surface area contributed by atoms with E-state index < -0.39 is 0 Å². The van der Waals surface area contributed by atoms with Crippen molar-refractivity contribution >= 4 is 0 Å². The maximum absolute atomic E-state index is 12.8. The number of nitrogens with zero attached hydrogens (tertiary/aromatic N) is 1. The quantitative estimate of drug-likeness (QED) is 0.755. The number of hydrogen-bond donors (Lipinski definition) is 2. The molecule has 0 radical (unpaired) electrons. The Balaban J connectivity index is 2.26. The molecule has 1 aromatic carbocycles. The number of halogens is 1. The second kappa shape index (κ2) is 8.25. The van der Waals surface area contributed by atoms with Crippen LogP contribution in [0.2, 0.25) is 0 Å². The van der Waals surface area contributed by atoms with Gasteiger partial charge < -0.3 is 10.4 Å². The lowest BCUT2D eigenvalue weighted by Crippen LogP contribution is -2.37. The van der Waals surface area contributed by atoms with Crippen molar-refractivity contribution < 1.29 is 9.50 Å². The highest BCUT2D eigenvalue weighted by atomic mass is 19.1. The van der Waals surface area contributed by atoms with Crippen LogP contribution >= 0.6 is 0 Å². The molecule has 3 nitrogen and oxygen atoms in total. The van der Waals surface area contributed by atoms with Crippen molar-refractivity contribution in [3.8, 4) is 0 Å². The molecule has 19 heavy (non-hydrogen) atoms. The molecule has 0 aliphatic heterocycles. The Kier molecular flexibility index (Phi) is 6.99. The second-order valence-electron chi connectivity index (χ2n) is 5.53. The Morgan fingerprint density at radius 1 is 1.21 bits per heavy atom. The summed E-state index contributed by atoms with van der Waals surface area (Å²) < 4.78 is 12.8. The molecule has 4 heteroatoms. The molecular weight excluding hydrogens is 243 g/mol. The SMILES string of the molecule is CC(C)CNCC(O)CN(C)Cc1ccc(F)cc1. The fourth-order valence-electron chi connectivity index (χ4n) is 1.93. The van der Waals surface area contributed by atoms with E-state index in [2.05, 4.69) is 19.2 Å². The van der Waals surface area contributed by atoms with Gasteiger partial charge in [0, 0.05) is 19.6 Å². The van der Waals surface area contributed by atoms with Crippen LogP contribution in [0.15, 0.2) is 24.3 Å². The summed E-state index contributed by atoms with van der Waals surface area (Å²) in [6.07, 6.45) is -0.385. The van der Waals surface area contributed by atoms with E-state index in [4.69, 9.17) is 0 Å². The molecule has 1 unspecified atom stereocenters. The van der Waals surface area contributed by atoms with Gasteiger partial charge in [-0.15, -0.1) is 0 Å². The summed E-state index contributed by atoms with van der Waals surface area (Å²) in [5, 5.41) is 13.1. The van der Waals surface area contributed by atoms with Gasteiger partial charge in [0.1, 0.15) is 5.82 Å². The molecule has 1 rings (SSSR count). The lowest BCUT2D eigenvalue weighted by atomic mass is 10.2. The Hall–Kier alpha value is -0.970. The molecule has 0 heterocycles. The predicted octanol–water partition coefficient (Wildman–Crippen LogP) is 1.86. The standard InChI is InChI=1S/C15H25FN2O/c1-12(2)8-17-9-15(19)11-18(3)10-13-4-6-14(16)7-5-13/h4-7,12,15,17,19H,8-11H2,1-3H3. The van der Waals surface area contributed by atoms with Crippen molar-refractivity contribution in [1.82, 2.24) is 10.2 Å². The number of likely N-dealkylation sites (N-methyl/N-ethyl adjacent to an activating group) is 1. The normalized spacial score (nSPS) is 13.2. The topological polar surface area (TPSA) is 35.5 Å². The molecule has 108 valence electrons. The van der Waals surface area contributed by atoms with Gasteiger partial charge in [-0.1, -0.05) is 26.0 Å². The van der Waals surface area contributed by atoms with Gasteiger partial charge in [-0.3, -0.25) is 4.90 Å². The molecule has 1 aromatic rings. The minimum Gasteiger partial charge on any atom is -0.390 e. The van der Waals surface area contributed by atoms with E-state index in [9.17, 15) is 9.50 Å². The maximum Gasteiger partial charge on any atom is 0.123 e. The van der Waals surface area contributed by atoms with Crippen molar-refractivity contribution in [3.63, 3.8) is 0 Å². The average molecular weight is 268 g/mol. The van der Waals surface area contributed by atoms with Gasteiger partial charge in [-0.2, -0.15) is 0 Å². The Morgan fingerprint density at radius 2 is 1.84 bits per heavy atom. The summed E-state index contributed by atoms with van der Waals surface area (Å²) in [6, 6.07) is 6.47. The van der Waals surface area contributed by atoms with Gasteiger partial charge in [-0.05, 0) is 37.2 Å². The van der Waals surface area contributed by atoms with E-state index in [0.29, 0.717) is 25.6 Å². The molecular formula is C15H25FN2O. The predicted molar refractivity (Wildman–Crippen MR) is 76.4 cm³/mol. The summed E-state index contributed by atoms with van der Waals surface area (Å²) in [6.45, 7) is 7.11. The van der Waals surface area contributed by atoms with Crippen molar-refractivity contribution in [1.29, 1.82) is 0 Å². The summed E-state index contributed by atoms with van der Waals surface area (Å²) in [7, 11) is 1.95. The van der Waals surface area contributed by atoms with Crippen LogP contribution in [-0.4, -0.2) is 42.8 Å². The van der Waals surface area contributed by atoms with E-state index in [1.807, 2.05) is 11.9 Å². The number of aliphatic hydroxyl groups excluding tert-OH is 1. The first-order valence-corrected chi connectivity index (χ1v) is 6.79. The fraction of sp³-hybridized carbons (Fsp3) is 0.600. The Labute approximate surface area is 115 Å². The lowest BCUT2D eigenvalue weighted by Gasteiger charge is -2.21. The molecule has 0 spiro atoms. The van der Waals surface area contributed by atoms with Crippen LogP contribution < -0.4 is 5.32 Å². The van der Waals surface area contributed by atoms with Crippen molar-refractivity contribution in [2.45, 2.75) is 26.5 Å². The third kappa shape index (κ3) is 7.25. The monoisotopic (exact) mass is 268 g/mol. The lowest BCUT2D eigenvalue weighted by molar-refractivity contribution is 0.120. The average Bonchev–Trinajstić information content (AvgIpc) is 2.31. The molecule has 1 atom stereocenters. The first-order valence-electron chi connectivity index (χ1n) is 6.79. The third-order valence-corrected chi connectivity index (χ3v) is 2.82. The van der Waals surface area contributed by atoms with Crippen LogP contribution in [-0.2, 0) is 6.54 Å². The number of aliphatic hydroxyl groups is 1. The van der Waals surface area contributed by atoms with E-state index in [1.165, 1.54) is 12.1 Å². The first-order chi connectivity index (χ1) is 8.97. The van der Waals surface area contributed by atoms with E-state index in [-0.39, 0.29) is 11.9 Å². The zero-order valence-electron chi connectivity index (χ0n) is 12.1. The van der Waals surface area contributed by atoms with Crippen molar-refractivity contribution in [2.75, 3.05) is 26.7 Å². The molecule has 0 aromatic heterocycles. The van der Waals surface area contributed by atoms with Crippen molar-refractivity contribution in [3.05, 3.63) is 35.6 Å². The summed E-state index contributed by atoms with van der Waals surface area (Å²) in [5.74, 6) is 0.369. The molecule has 2 N–H and O–H groups in total. The van der Waals surface area contributed by atoms with Crippen molar-refractivity contribution in [2.24, 2.45) is 5.92 Å². The van der Waals surface area contributed by atoms with Crippen LogP contribution in [0.4, 0.5) is 4.39 Å². The molecule has 0 amide bonds. The fourth-order valence-corrected chi connectivity index (χ4v) is 1.93. The summed E-state index contributed by atoms with van der Waals surface area (Å²) >= 11 is 0. The highest BCUT2D eigenvalue weighted by Crippen LogP contribution is 2.05. The van der Waals surface area contributed by atoms with E-state index >= 15 is 0 Å². The maximum atomic E-state index is 12.8. The zero-order chi connectivity index (χ0) is 14.3. The summed E-state index contributed by atoms with van der Waals surface area (Å²) in [5.41, 5.74) is 1.05. The van der Waals surface area contributed by atoms with Gasteiger partial charge in [0.05, 0.1) is 6.10 Å². The molecule has 0 saturated carbocycles. The highest BCUT2D eigenvalue weighted by molar-refractivity contribution is 5.15. The largest absolute Gasteiger partial charge is 0.390 e. The molecule has 0 aliphatic rings. The van der Waals surface area contributed by atoms with Gasteiger partial charge in [0.25, 0.3) is 0 Å². The van der Waals surface area contributed by atoms with Crippen LogP contribution in [0, 0.1) is 11.7 Å². The molecule has 0 bridgehead atoms. The Morgan fingerprint density at radius 3 is 2.42 bits per heavy atom. The summed E-state index contributed by atoms with van der Waals surface area (Å²) in [4.78, 5) is 2.04. The smallest absolute Gasteiger partial charge is 0.123 e. The number of hydrogen-bond acceptors (Lipinski definition) is 3. The van der Waals surface area contributed by atoms with Gasteiger partial charge >= 0.3 is 0 Å².